The van der Waals surface area contributed by atoms with Crippen molar-refractivity contribution in [3.8, 4) is 0 Å². The molecule has 2 fully saturated rings. The van der Waals surface area contributed by atoms with Gasteiger partial charge in [0.1, 0.15) is 5.69 Å². The molecule has 7 heteroatoms. The second-order valence-corrected chi connectivity index (χ2v) is 7.22. The minimum absolute atomic E-state index is 0.0848. The van der Waals surface area contributed by atoms with Gasteiger partial charge in [0.15, 0.2) is 0 Å². The Labute approximate surface area is 155 Å². The van der Waals surface area contributed by atoms with Crippen LogP contribution in [0.2, 0.25) is 0 Å². The number of nitrogens with one attached hydrogen (secondary N) is 2. The molecule has 2 saturated heterocycles. The van der Waals surface area contributed by atoms with Gasteiger partial charge in [0, 0.05) is 39.0 Å². The lowest BCUT2D eigenvalue weighted by Crippen LogP contribution is -2.46. The molecule has 2 amide bonds. The predicted molar refractivity (Wildman–Crippen MR) is 99.0 cm³/mol. The van der Waals surface area contributed by atoms with Crippen molar-refractivity contribution in [2.45, 2.75) is 44.2 Å². The van der Waals surface area contributed by atoms with Crippen LogP contribution in [0, 0.1) is 0 Å². The molecular weight excluding hydrogens is 332 g/mol. The van der Waals surface area contributed by atoms with Gasteiger partial charge in [-0.25, -0.2) is 0 Å². The zero-order chi connectivity index (χ0) is 18.5. The summed E-state index contributed by atoms with van der Waals surface area (Å²) in [5.41, 5.74) is 1.75. The maximum Gasteiger partial charge on any atom is 0.267 e. The van der Waals surface area contributed by atoms with Crippen LogP contribution in [0.1, 0.15) is 54.3 Å². The first kappa shape index (κ1) is 18.9. The summed E-state index contributed by atoms with van der Waals surface area (Å²) in [5.74, 6) is 0.00269. The molecule has 0 aliphatic carbocycles. The molecule has 26 heavy (non-hydrogen) atoms. The van der Waals surface area contributed by atoms with Gasteiger partial charge in [-0.15, -0.1) is 0 Å². The summed E-state index contributed by atoms with van der Waals surface area (Å²) in [6.45, 7) is 2.76. The van der Waals surface area contributed by atoms with Gasteiger partial charge in [-0.1, -0.05) is 6.42 Å². The van der Waals surface area contributed by atoms with Gasteiger partial charge in [-0.2, -0.15) is 0 Å². The molecule has 144 valence electrons. The van der Waals surface area contributed by atoms with Crippen LogP contribution >= 0.6 is 0 Å². The average Bonchev–Trinajstić information content (AvgIpc) is 3.03. The number of aromatic nitrogens is 1. The molecule has 2 N–H and O–H groups in total. The highest BCUT2D eigenvalue weighted by Gasteiger charge is 2.29. The van der Waals surface area contributed by atoms with E-state index in [0.717, 1.165) is 57.6 Å². The van der Waals surface area contributed by atoms with Crippen molar-refractivity contribution in [3.63, 3.8) is 0 Å². The Kier molecular flexibility index (Phi) is 6.32. The van der Waals surface area contributed by atoms with Crippen molar-refractivity contribution in [1.29, 1.82) is 0 Å². The van der Waals surface area contributed by atoms with Gasteiger partial charge < -0.3 is 19.9 Å². The lowest BCUT2D eigenvalue weighted by Gasteiger charge is -2.36. The molecule has 1 aromatic rings. The average molecular weight is 362 g/mol. The lowest BCUT2D eigenvalue weighted by atomic mass is 9.99. The molecule has 1 atom stereocenters. The number of carbonyl (C=O) groups is 2. The largest absolute Gasteiger partial charge is 0.381 e. The lowest BCUT2D eigenvalue weighted by molar-refractivity contribution is -0.124. The van der Waals surface area contributed by atoms with E-state index in [1.54, 1.807) is 7.05 Å². The molecule has 0 bridgehead atoms. The molecule has 0 unspecified atom stereocenters. The third-order valence-corrected chi connectivity index (χ3v) is 5.51. The number of nitrogens with zero attached hydrogens (tertiary/aromatic N) is 2. The fourth-order valence-corrected chi connectivity index (χ4v) is 4.03. The number of likely N-dealkylation sites (tertiary alicyclic amines) is 1. The van der Waals surface area contributed by atoms with Gasteiger partial charge in [0.25, 0.3) is 5.91 Å². The van der Waals surface area contributed by atoms with E-state index in [2.05, 4.69) is 15.5 Å². The molecule has 2 aliphatic rings. The maximum atomic E-state index is 12.5. The van der Waals surface area contributed by atoms with Crippen molar-refractivity contribution >= 4 is 11.8 Å². The van der Waals surface area contributed by atoms with E-state index in [9.17, 15) is 9.59 Å². The number of hydrogen-bond acceptors (Lipinski definition) is 4. The van der Waals surface area contributed by atoms with Crippen molar-refractivity contribution in [2.24, 2.45) is 7.05 Å². The number of rotatable bonds is 5. The molecule has 0 radical (unpaired) electrons. The first-order valence-corrected chi connectivity index (χ1v) is 9.59. The van der Waals surface area contributed by atoms with Crippen LogP contribution in [-0.4, -0.2) is 60.7 Å². The summed E-state index contributed by atoms with van der Waals surface area (Å²) < 4.78 is 7.31. The maximum absolute atomic E-state index is 12.5. The van der Waals surface area contributed by atoms with Gasteiger partial charge in [-0.3, -0.25) is 14.5 Å². The van der Waals surface area contributed by atoms with Crippen molar-refractivity contribution < 1.29 is 14.3 Å². The van der Waals surface area contributed by atoms with Crippen LogP contribution in [0.3, 0.4) is 0 Å². The summed E-state index contributed by atoms with van der Waals surface area (Å²) >= 11 is 0. The van der Waals surface area contributed by atoms with Crippen LogP contribution in [0.5, 0.6) is 0 Å². The Balaban J connectivity index is 1.67. The van der Waals surface area contributed by atoms with Gasteiger partial charge >= 0.3 is 0 Å². The Morgan fingerprint density at radius 3 is 2.69 bits per heavy atom. The number of ether oxygens (including phenoxy) is 1. The Bertz CT molecular complexity index is 637. The smallest absolute Gasteiger partial charge is 0.267 e. The zero-order valence-electron chi connectivity index (χ0n) is 15.8. The highest BCUT2D eigenvalue weighted by atomic mass is 16.5. The van der Waals surface area contributed by atoms with E-state index in [-0.39, 0.29) is 23.9 Å². The highest BCUT2D eigenvalue weighted by Crippen LogP contribution is 2.31. The van der Waals surface area contributed by atoms with Gasteiger partial charge in [-0.05, 0) is 44.4 Å². The molecule has 7 nitrogen and oxygen atoms in total. The molecule has 2 aliphatic heterocycles. The quantitative estimate of drug-likeness (QED) is 0.826. The Morgan fingerprint density at radius 2 is 1.96 bits per heavy atom. The summed E-state index contributed by atoms with van der Waals surface area (Å²) in [6, 6.07) is 4.29. The van der Waals surface area contributed by atoms with Crippen molar-refractivity contribution in [1.82, 2.24) is 20.1 Å². The van der Waals surface area contributed by atoms with Crippen LogP contribution in [-0.2, 0) is 16.6 Å². The molecule has 0 saturated carbocycles. The second-order valence-electron chi connectivity index (χ2n) is 7.22. The van der Waals surface area contributed by atoms with Crippen LogP contribution < -0.4 is 10.6 Å². The fraction of sp³-hybridized carbons (Fsp3) is 0.684. The number of carbonyl (C=O) groups excluding carboxylic acids is 2. The van der Waals surface area contributed by atoms with E-state index >= 15 is 0 Å². The second kappa shape index (κ2) is 8.68. The topological polar surface area (TPSA) is 75.6 Å². The molecule has 3 heterocycles. The summed E-state index contributed by atoms with van der Waals surface area (Å²) in [5, 5.41) is 5.83. The number of amides is 2. The minimum atomic E-state index is -0.0848. The fourth-order valence-electron chi connectivity index (χ4n) is 4.03. The van der Waals surface area contributed by atoms with E-state index in [4.69, 9.17) is 4.74 Å². The zero-order valence-corrected chi connectivity index (χ0v) is 15.8. The SMILES string of the molecule is CNC(=O)c1ccc([C@@H]2CCCCN2CC(=O)NC2CCOCC2)n1C. The van der Waals surface area contributed by atoms with Crippen LogP contribution in [0.4, 0.5) is 0 Å². The third kappa shape index (κ3) is 4.27. The van der Waals surface area contributed by atoms with Crippen LogP contribution in [0.25, 0.3) is 0 Å². The summed E-state index contributed by atoms with van der Waals surface area (Å²) in [4.78, 5) is 26.8. The molecular formula is C19H30N4O3. The number of piperidine rings is 1. The Hall–Kier alpha value is -1.86. The van der Waals surface area contributed by atoms with Gasteiger partial charge in [0.05, 0.1) is 12.6 Å². The van der Waals surface area contributed by atoms with E-state index in [0.29, 0.717) is 12.2 Å². The Morgan fingerprint density at radius 1 is 1.19 bits per heavy atom. The minimum Gasteiger partial charge on any atom is -0.381 e. The van der Waals surface area contributed by atoms with Crippen molar-refractivity contribution in [3.05, 3.63) is 23.5 Å². The summed E-state index contributed by atoms with van der Waals surface area (Å²) in [6.07, 6.45) is 5.04. The van der Waals surface area contributed by atoms with Crippen molar-refractivity contribution in [2.75, 3.05) is 33.4 Å². The third-order valence-electron chi connectivity index (χ3n) is 5.51. The van der Waals surface area contributed by atoms with E-state index < -0.39 is 0 Å². The standard InChI is InChI=1S/C19H30N4O3/c1-20-19(25)17-7-6-15(22(17)2)16-5-3-4-10-23(16)13-18(24)21-14-8-11-26-12-9-14/h6-7,14,16H,3-5,8-13H2,1-2H3,(H,20,25)(H,21,24)/t16-/m0/s1. The highest BCUT2D eigenvalue weighted by molar-refractivity contribution is 5.92. The summed E-state index contributed by atoms with van der Waals surface area (Å²) in [7, 11) is 3.57. The molecule has 0 spiro atoms. The molecule has 1 aromatic heterocycles. The monoisotopic (exact) mass is 362 g/mol. The molecule has 0 aromatic carbocycles. The normalized spacial score (nSPS) is 22.2. The predicted octanol–water partition coefficient (Wildman–Crippen LogP) is 1.21. The molecule has 3 rings (SSSR count). The van der Waals surface area contributed by atoms with E-state index in [1.807, 2.05) is 23.7 Å². The first-order chi connectivity index (χ1) is 12.6. The van der Waals surface area contributed by atoms with Crippen LogP contribution in [0.15, 0.2) is 12.1 Å². The first-order valence-electron chi connectivity index (χ1n) is 9.59. The van der Waals surface area contributed by atoms with Gasteiger partial charge in [0.2, 0.25) is 5.91 Å². The number of hydrogen-bond donors (Lipinski definition) is 2. The van der Waals surface area contributed by atoms with E-state index in [1.165, 1.54) is 0 Å².